The molecule has 1 aromatic heterocycles. The zero-order valence-corrected chi connectivity index (χ0v) is 16.0. The second-order valence-electron chi connectivity index (χ2n) is 6.02. The number of rotatable bonds is 5. The van der Waals surface area contributed by atoms with E-state index in [0.29, 0.717) is 21.9 Å². The molecule has 0 radical (unpaired) electrons. The molecule has 0 bridgehead atoms. The van der Waals surface area contributed by atoms with Gasteiger partial charge in [-0.15, -0.1) is 11.8 Å². The Kier molecular flexibility index (Phi) is 5.96. The lowest BCUT2D eigenvalue weighted by molar-refractivity contribution is -0.114. The number of carbonyl (C=O) groups excluding carboxylic acids is 1. The highest BCUT2D eigenvalue weighted by Gasteiger charge is 2.31. The van der Waals surface area contributed by atoms with Crippen LogP contribution in [0.4, 0.5) is 4.39 Å². The van der Waals surface area contributed by atoms with E-state index in [0.717, 1.165) is 11.4 Å². The van der Waals surface area contributed by atoms with Crippen LogP contribution in [0, 0.1) is 5.82 Å². The van der Waals surface area contributed by atoms with E-state index in [-0.39, 0.29) is 11.3 Å². The van der Waals surface area contributed by atoms with Crippen LogP contribution in [0.1, 0.15) is 31.1 Å². The van der Waals surface area contributed by atoms with E-state index in [4.69, 9.17) is 11.6 Å². The molecule has 1 aromatic carbocycles. The number of nitrogens with zero attached hydrogens (tertiary/aromatic N) is 1. The molecule has 1 aliphatic heterocycles. The third kappa shape index (κ3) is 4.26. The fourth-order valence-corrected chi connectivity index (χ4v) is 4.23. The van der Waals surface area contributed by atoms with Gasteiger partial charge < -0.3 is 5.32 Å². The largest absolute Gasteiger partial charge is 0.364 e. The highest BCUT2D eigenvalue weighted by molar-refractivity contribution is 7.99. The van der Waals surface area contributed by atoms with E-state index in [9.17, 15) is 9.18 Å². The number of allylic oxidation sites excluding steroid dienone is 1. The van der Waals surface area contributed by atoms with Crippen molar-refractivity contribution in [2.75, 3.05) is 0 Å². The Labute approximate surface area is 161 Å². The maximum atomic E-state index is 13.4. The molecule has 2 heterocycles. The fourth-order valence-electron chi connectivity index (χ4n) is 2.96. The molecule has 0 spiro atoms. The van der Waals surface area contributed by atoms with Gasteiger partial charge in [0.2, 0.25) is 0 Å². The van der Waals surface area contributed by atoms with Gasteiger partial charge in [-0.1, -0.05) is 23.7 Å². The summed E-state index contributed by atoms with van der Waals surface area (Å²) in [6.07, 6.45) is 1.76. The maximum absolute atomic E-state index is 13.4. The first kappa shape index (κ1) is 18.9. The zero-order valence-electron chi connectivity index (χ0n) is 14.4. The average molecular weight is 392 g/mol. The Morgan fingerprint density at radius 1 is 1.35 bits per heavy atom. The molecule has 26 heavy (non-hydrogen) atoms. The Morgan fingerprint density at radius 3 is 2.81 bits per heavy atom. The Balaban J connectivity index is 1.85. The molecule has 2 aromatic rings. The highest BCUT2D eigenvalue weighted by atomic mass is 35.5. The second-order valence-corrected chi connectivity index (χ2v) is 7.52. The fraction of sp³-hybridized carbons (Fsp3) is 0.263. The number of aromatic nitrogens is 1. The summed E-state index contributed by atoms with van der Waals surface area (Å²) in [5.74, 6) is 0.248. The van der Waals surface area contributed by atoms with Crippen molar-refractivity contribution in [3.05, 3.63) is 76.0 Å². The van der Waals surface area contributed by atoms with Crippen LogP contribution in [-0.4, -0.2) is 16.3 Å². The van der Waals surface area contributed by atoms with E-state index in [1.54, 1.807) is 24.0 Å². The number of ketones is 1. The molecule has 1 aliphatic rings. The average Bonchev–Trinajstić information content (AvgIpc) is 2.60. The lowest BCUT2D eigenvalue weighted by Crippen LogP contribution is -2.47. The standard InChI is InChI=1S/C19H19ClFN3OS/c1-11-17(12(2)25)18(15-7-6-13(21)9-16(15)20)24-19(23-11)26-10-14-5-3-4-8-22-14/h3-9,18-19,23-24H,10H2,1-2H3. The molecular formula is C19H19ClFN3OS. The van der Waals surface area contributed by atoms with Crippen molar-refractivity contribution in [2.45, 2.75) is 31.1 Å². The number of benzene rings is 1. The van der Waals surface area contributed by atoms with Gasteiger partial charge in [0.05, 0.1) is 11.7 Å². The van der Waals surface area contributed by atoms with Crippen molar-refractivity contribution in [1.29, 1.82) is 0 Å². The van der Waals surface area contributed by atoms with Crippen molar-refractivity contribution in [3.63, 3.8) is 0 Å². The molecule has 3 rings (SSSR count). The number of hydrogen-bond donors (Lipinski definition) is 2. The normalized spacial score (nSPS) is 20.0. The molecule has 0 aliphatic carbocycles. The molecule has 2 N–H and O–H groups in total. The Morgan fingerprint density at radius 2 is 2.15 bits per heavy atom. The van der Waals surface area contributed by atoms with Crippen molar-refractivity contribution in [2.24, 2.45) is 0 Å². The van der Waals surface area contributed by atoms with Crippen molar-refractivity contribution in [1.82, 2.24) is 15.6 Å². The summed E-state index contributed by atoms with van der Waals surface area (Å²) >= 11 is 7.88. The number of thioether (sulfide) groups is 1. The number of carbonyl (C=O) groups is 1. The third-order valence-corrected chi connectivity index (χ3v) is 5.51. The number of hydrogen-bond acceptors (Lipinski definition) is 5. The van der Waals surface area contributed by atoms with Crippen molar-refractivity contribution < 1.29 is 9.18 Å². The SMILES string of the molecule is CC(=O)C1=C(C)NC(SCc2ccccn2)NC1c1ccc(F)cc1Cl. The van der Waals surface area contributed by atoms with Crippen LogP contribution >= 0.6 is 23.4 Å². The predicted octanol–water partition coefficient (Wildman–Crippen LogP) is 4.19. The summed E-state index contributed by atoms with van der Waals surface area (Å²) in [6.45, 7) is 3.39. The molecule has 7 heteroatoms. The van der Waals surface area contributed by atoms with E-state index in [2.05, 4.69) is 15.6 Å². The Bertz CT molecular complexity index is 844. The van der Waals surface area contributed by atoms with Gasteiger partial charge in [-0.2, -0.15) is 0 Å². The van der Waals surface area contributed by atoms with Crippen LogP contribution in [-0.2, 0) is 10.5 Å². The summed E-state index contributed by atoms with van der Waals surface area (Å²) < 4.78 is 13.4. The number of Topliss-reactive ketones (excluding diaryl/α,β-unsaturated/α-hetero) is 1. The van der Waals surface area contributed by atoms with Crippen LogP contribution in [0.3, 0.4) is 0 Å². The van der Waals surface area contributed by atoms with Gasteiger partial charge in [0, 0.05) is 28.2 Å². The van der Waals surface area contributed by atoms with Crippen LogP contribution < -0.4 is 10.6 Å². The van der Waals surface area contributed by atoms with Gasteiger partial charge in [0.25, 0.3) is 0 Å². The molecular weight excluding hydrogens is 373 g/mol. The summed E-state index contributed by atoms with van der Waals surface area (Å²) in [5.41, 5.74) is 2.92. The first-order valence-corrected chi connectivity index (χ1v) is 9.59. The quantitative estimate of drug-likeness (QED) is 0.800. The first-order valence-electron chi connectivity index (χ1n) is 8.16. The third-order valence-electron chi connectivity index (χ3n) is 4.14. The van der Waals surface area contributed by atoms with Gasteiger partial charge in [-0.25, -0.2) is 4.39 Å². The lowest BCUT2D eigenvalue weighted by Gasteiger charge is -2.35. The van der Waals surface area contributed by atoms with Crippen molar-refractivity contribution >= 4 is 29.1 Å². The Hall–Kier alpha value is -1.89. The van der Waals surface area contributed by atoms with Crippen LogP contribution in [0.2, 0.25) is 5.02 Å². The molecule has 0 saturated heterocycles. The summed E-state index contributed by atoms with van der Waals surface area (Å²) in [5, 5.41) is 7.01. The van der Waals surface area contributed by atoms with Crippen LogP contribution in [0.25, 0.3) is 0 Å². The topological polar surface area (TPSA) is 54.0 Å². The molecule has 2 atom stereocenters. The molecule has 136 valence electrons. The van der Waals surface area contributed by atoms with Crippen molar-refractivity contribution in [3.8, 4) is 0 Å². The molecule has 0 amide bonds. The zero-order chi connectivity index (χ0) is 18.7. The summed E-state index contributed by atoms with van der Waals surface area (Å²) in [7, 11) is 0. The molecule has 4 nitrogen and oxygen atoms in total. The minimum atomic E-state index is -0.404. The first-order chi connectivity index (χ1) is 12.5. The van der Waals surface area contributed by atoms with E-state index in [1.807, 2.05) is 25.1 Å². The van der Waals surface area contributed by atoms with Gasteiger partial charge in [-0.05, 0) is 43.7 Å². The predicted molar refractivity (Wildman–Crippen MR) is 103 cm³/mol. The van der Waals surface area contributed by atoms with Gasteiger partial charge in [0.15, 0.2) is 5.78 Å². The lowest BCUT2D eigenvalue weighted by atomic mass is 9.93. The number of nitrogens with one attached hydrogen (secondary N) is 2. The van der Waals surface area contributed by atoms with E-state index < -0.39 is 11.9 Å². The van der Waals surface area contributed by atoms with E-state index >= 15 is 0 Å². The van der Waals surface area contributed by atoms with E-state index in [1.165, 1.54) is 19.1 Å². The summed E-state index contributed by atoms with van der Waals surface area (Å²) in [6, 6.07) is 9.64. The second kappa shape index (κ2) is 8.20. The molecule has 2 unspecified atom stereocenters. The minimum absolute atomic E-state index is 0.0546. The van der Waals surface area contributed by atoms with Gasteiger partial charge >= 0.3 is 0 Å². The minimum Gasteiger partial charge on any atom is -0.364 e. The van der Waals surface area contributed by atoms with Crippen LogP contribution in [0.5, 0.6) is 0 Å². The maximum Gasteiger partial charge on any atom is 0.159 e. The highest BCUT2D eigenvalue weighted by Crippen LogP contribution is 2.34. The van der Waals surface area contributed by atoms with Gasteiger partial charge in [0.1, 0.15) is 11.3 Å². The smallest absolute Gasteiger partial charge is 0.159 e. The number of pyridine rings is 1. The van der Waals surface area contributed by atoms with Crippen LogP contribution in [0.15, 0.2) is 53.9 Å². The monoisotopic (exact) mass is 391 g/mol. The molecule has 0 saturated carbocycles. The summed E-state index contributed by atoms with van der Waals surface area (Å²) in [4.78, 5) is 16.5. The van der Waals surface area contributed by atoms with Gasteiger partial charge in [-0.3, -0.25) is 15.1 Å². The molecule has 0 fully saturated rings. The number of halogens is 2.